The summed E-state index contributed by atoms with van der Waals surface area (Å²) >= 11 is 0. The van der Waals surface area contributed by atoms with Crippen LogP contribution in [-0.4, -0.2) is 31.6 Å². The van der Waals surface area contributed by atoms with Gasteiger partial charge in [-0.3, -0.25) is 4.79 Å². The molecule has 2 aliphatic carbocycles. The van der Waals surface area contributed by atoms with Gasteiger partial charge in [0.05, 0.1) is 0 Å². The molecule has 3 rings (SSSR count). The second-order valence-corrected chi connectivity index (χ2v) is 7.53. The van der Waals surface area contributed by atoms with Gasteiger partial charge in [-0.05, 0) is 48.1 Å². The van der Waals surface area contributed by atoms with E-state index in [-0.39, 0.29) is 17.9 Å². The fourth-order valence-electron chi connectivity index (χ4n) is 3.97. The molecule has 0 aromatic heterocycles. The zero-order chi connectivity index (χ0) is 17.8. The van der Waals surface area contributed by atoms with Gasteiger partial charge in [-0.2, -0.15) is 0 Å². The first-order chi connectivity index (χ1) is 12.1. The molecule has 1 fully saturated rings. The molecule has 0 radical (unpaired) electrons. The van der Waals surface area contributed by atoms with Gasteiger partial charge in [-0.1, -0.05) is 38.1 Å². The summed E-state index contributed by atoms with van der Waals surface area (Å²) in [5.74, 6) is 2.02. The Labute approximate surface area is 150 Å². The van der Waals surface area contributed by atoms with Crippen LogP contribution in [0.15, 0.2) is 24.3 Å². The summed E-state index contributed by atoms with van der Waals surface area (Å²) in [5.41, 5.74) is 2.98. The van der Waals surface area contributed by atoms with Gasteiger partial charge in [0.15, 0.2) is 0 Å². The SMILES string of the molecule is CC(C)C(=O)NCCCNC(=O)NCC1C2CCc3ccccc3C21. The Bertz CT molecular complexity index is 629. The minimum Gasteiger partial charge on any atom is -0.356 e. The van der Waals surface area contributed by atoms with Crippen molar-refractivity contribution in [3.63, 3.8) is 0 Å². The Hall–Kier alpha value is -2.04. The number of fused-ring (bicyclic) bond motifs is 3. The number of benzene rings is 1. The molecule has 1 aromatic carbocycles. The molecule has 0 aliphatic heterocycles. The van der Waals surface area contributed by atoms with Gasteiger partial charge in [0.2, 0.25) is 5.91 Å². The lowest BCUT2D eigenvalue weighted by molar-refractivity contribution is -0.123. The van der Waals surface area contributed by atoms with Crippen LogP contribution in [-0.2, 0) is 11.2 Å². The highest BCUT2D eigenvalue weighted by molar-refractivity contribution is 5.77. The maximum Gasteiger partial charge on any atom is 0.314 e. The van der Waals surface area contributed by atoms with Gasteiger partial charge >= 0.3 is 6.03 Å². The third kappa shape index (κ3) is 4.33. The highest BCUT2D eigenvalue weighted by Gasteiger charge is 2.52. The van der Waals surface area contributed by atoms with Gasteiger partial charge in [0, 0.05) is 25.6 Å². The Balaban J connectivity index is 1.31. The third-order valence-corrected chi connectivity index (χ3v) is 5.45. The van der Waals surface area contributed by atoms with Gasteiger partial charge in [0.1, 0.15) is 0 Å². The van der Waals surface area contributed by atoms with E-state index in [0.717, 1.165) is 18.9 Å². The Morgan fingerprint density at radius 2 is 1.88 bits per heavy atom. The molecule has 136 valence electrons. The summed E-state index contributed by atoms with van der Waals surface area (Å²) in [5, 5.41) is 8.73. The van der Waals surface area contributed by atoms with Crippen LogP contribution in [0, 0.1) is 17.8 Å². The molecule has 3 unspecified atom stereocenters. The lowest BCUT2D eigenvalue weighted by Crippen LogP contribution is -2.38. The highest BCUT2D eigenvalue weighted by atomic mass is 16.2. The number of carbonyl (C=O) groups excluding carboxylic acids is 2. The molecule has 5 heteroatoms. The molecule has 3 atom stereocenters. The van der Waals surface area contributed by atoms with E-state index in [2.05, 4.69) is 40.2 Å². The zero-order valence-corrected chi connectivity index (χ0v) is 15.2. The van der Waals surface area contributed by atoms with Gasteiger partial charge < -0.3 is 16.0 Å². The molecule has 1 aromatic rings. The summed E-state index contributed by atoms with van der Waals surface area (Å²) in [7, 11) is 0. The van der Waals surface area contributed by atoms with E-state index in [1.54, 1.807) is 0 Å². The molecule has 1 saturated carbocycles. The van der Waals surface area contributed by atoms with Crippen LogP contribution in [0.1, 0.15) is 43.7 Å². The molecule has 0 spiro atoms. The molecule has 3 N–H and O–H groups in total. The van der Waals surface area contributed by atoms with Crippen molar-refractivity contribution < 1.29 is 9.59 Å². The fourth-order valence-corrected chi connectivity index (χ4v) is 3.97. The van der Waals surface area contributed by atoms with Crippen molar-refractivity contribution in [1.82, 2.24) is 16.0 Å². The van der Waals surface area contributed by atoms with Crippen LogP contribution in [0.25, 0.3) is 0 Å². The first kappa shape index (κ1) is 17.8. The van der Waals surface area contributed by atoms with Crippen LogP contribution in [0.4, 0.5) is 4.79 Å². The molecule has 3 amide bonds. The van der Waals surface area contributed by atoms with Crippen LogP contribution in [0.3, 0.4) is 0 Å². The van der Waals surface area contributed by atoms with Crippen molar-refractivity contribution in [2.45, 2.75) is 39.0 Å². The number of carbonyl (C=O) groups is 2. The molecular weight excluding hydrogens is 314 g/mol. The average Bonchev–Trinajstić information content (AvgIpc) is 3.33. The first-order valence-electron chi connectivity index (χ1n) is 9.45. The van der Waals surface area contributed by atoms with Crippen molar-refractivity contribution in [3.8, 4) is 0 Å². The van der Waals surface area contributed by atoms with E-state index in [4.69, 9.17) is 0 Å². The molecule has 2 aliphatic rings. The molecule has 0 heterocycles. The molecule has 5 nitrogen and oxygen atoms in total. The number of nitrogens with one attached hydrogen (secondary N) is 3. The van der Waals surface area contributed by atoms with Crippen LogP contribution >= 0.6 is 0 Å². The Kier molecular flexibility index (Phi) is 5.61. The number of aryl methyl sites for hydroxylation is 1. The first-order valence-corrected chi connectivity index (χ1v) is 9.45. The van der Waals surface area contributed by atoms with Crippen molar-refractivity contribution in [3.05, 3.63) is 35.4 Å². The summed E-state index contributed by atoms with van der Waals surface area (Å²) in [4.78, 5) is 23.3. The van der Waals surface area contributed by atoms with E-state index in [1.807, 2.05) is 13.8 Å². The van der Waals surface area contributed by atoms with E-state index >= 15 is 0 Å². The van der Waals surface area contributed by atoms with Crippen molar-refractivity contribution >= 4 is 11.9 Å². The Morgan fingerprint density at radius 3 is 2.68 bits per heavy atom. The second kappa shape index (κ2) is 7.89. The summed E-state index contributed by atoms with van der Waals surface area (Å²) in [6.07, 6.45) is 3.15. The maximum atomic E-state index is 11.9. The number of amides is 3. The number of hydrogen-bond donors (Lipinski definition) is 3. The van der Waals surface area contributed by atoms with Crippen LogP contribution in [0.2, 0.25) is 0 Å². The number of urea groups is 1. The Morgan fingerprint density at radius 1 is 1.12 bits per heavy atom. The van der Waals surface area contributed by atoms with Gasteiger partial charge in [-0.15, -0.1) is 0 Å². The van der Waals surface area contributed by atoms with Crippen molar-refractivity contribution in [1.29, 1.82) is 0 Å². The lowest BCUT2D eigenvalue weighted by atomic mass is 9.92. The van der Waals surface area contributed by atoms with E-state index in [9.17, 15) is 9.59 Å². The maximum absolute atomic E-state index is 11.9. The summed E-state index contributed by atoms with van der Waals surface area (Å²) < 4.78 is 0. The minimum atomic E-state index is -0.105. The van der Waals surface area contributed by atoms with Gasteiger partial charge in [-0.25, -0.2) is 4.79 Å². The summed E-state index contributed by atoms with van der Waals surface area (Å²) in [6.45, 7) is 5.66. The predicted octanol–water partition coefficient (Wildman–Crippen LogP) is 2.42. The summed E-state index contributed by atoms with van der Waals surface area (Å²) in [6, 6.07) is 8.62. The van der Waals surface area contributed by atoms with Crippen LogP contribution < -0.4 is 16.0 Å². The normalized spacial score (nSPS) is 23.4. The minimum absolute atomic E-state index is 0.00321. The number of rotatable bonds is 7. The van der Waals surface area contributed by atoms with Crippen molar-refractivity contribution in [2.75, 3.05) is 19.6 Å². The fraction of sp³-hybridized carbons (Fsp3) is 0.600. The van der Waals surface area contributed by atoms with Crippen LogP contribution in [0.5, 0.6) is 0 Å². The monoisotopic (exact) mass is 343 g/mol. The smallest absolute Gasteiger partial charge is 0.314 e. The average molecular weight is 343 g/mol. The molecule has 0 bridgehead atoms. The molecule has 0 saturated heterocycles. The third-order valence-electron chi connectivity index (χ3n) is 5.45. The zero-order valence-electron chi connectivity index (χ0n) is 15.2. The molecular formula is C20H29N3O2. The van der Waals surface area contributed by atoms with E-state index in [0.29, 0.717) is 24.9 Å². The van der Waals surface area contributed by atoms with E-state index in [1.165, 1.54) is 24.0 Å². The number of hydrogen-bond acceptors (Lipinski definition) is 2. The molecule has 25 heavy (non-hydrogen) atoms. The van der Waals surface area contributed by atoms with Gasteiger partial charge in [0.25, 0.3) is 0 Å². The standard InChI is InChI=1S/C20H29N3O2/c1-13(2)19(24)21-10-5-11-22-20(25)23-12-17-16-9-8-14-6-3-4-7-15(14)18(16)17/h3-4,6-7,13,16-18H,5,8-12H2,1-2H3,(H,21,24)(H2,22,23,25). The lowest BCUT2D eigenvalue weighted by Gasteiger charge is -2.13. The second-order valence-electron chi connectivity index (χ2n) is 7.53. The quantitative estimate of drug-likeness (QED) is 0.666. The topological polar surface area (TPSA) is 70.2 Å². The largest absolute Gasteiger partial charge is 0.356 e. The van der Waals surface area contributed by atoms with Crippen molar-refractivity contribution in [2.24, 2.45) is 17.8 Å². The highest BCUT2D eigenvalue weighted by Crippen LogP contribution is 2.59. The predicted molar refractivity (Wildman–Crippen MR) is 98.4 cm³/mol. The van der Waals surface area contributed by atoms with E-state index < -0.39 is 0 Å².